The molecule has 20 heavy (non-hydrogen) atoms. The maximum atomic E-state index is 11.2. The monoisotopic (exact) mass is 289 g/mol. The number of nitrogens with zero attached hydrogens (tertiary/aromatic N) is 3. The van der Waals surface area contributed by atoms with Gasteiger partial charge in [0.2, 0.25) is 0 Å². The highest BCUT2D eigenvalue weighted by atomic mass is 35.5. The summed E-state index contributed by atoms with van der Waals surface area (Å²) in [6.45, 7) is 3.86. The van der Waals surface area contributed by atoms with Gasteiger partial charge >= 0.3 is 0 Å². The van der Waals surface area contributed by atoms with Gasteiger partial charge in [0.25, 0.3) is 0 Å². The molecule has 1 aromatic carbocycles. The van der Waals surface area contributed by atoms with Crippen molar-refractivity contribution in [1.82, 2.24) is 9.97 Å². The number of rotatable bonds is 4. The highest BCUT2D eigenvalue weighted by Crippen LogP contribution is 2.28. The minimum Gasteiger partial charge on any atom is -0.329 e. The molecular formula is C15H16ClN3O. The van der Waals surface area contributed by atoms with Gasteiger partial charge in [0.15, 0.2) is 6.29 Å². The highest BCUT2D eigenvalue weighted by Gasteiger charge is 2.15. The maximum absolute atomic E-state index is 11.2. The maximum Gasteiger partial charge on any atom is 0.156 e. The number of benzene rings is 1. The van der Waals surface area contributed by atoms with Crippen LogP contribution < -0.4 is 4.90 Å². The van der Waals surface area contributed by atoms with Crippen LogP contribution in [0, 0.1) is 6.92 Å². The molecule has 0 fully saturated rings. The first kappa shape index (κ1) is 14.5. The quantitative estimate of drug-likeness (QED) is 0.637. The number of anilines is 2. The number of aryl methyl sites for hydroxylation is 2. The first-order valence-corrected chi connectivity index (χ1v) is 6.76. The number of aldehydes is 1. The van der Waals surface area contributed by atoms with Gasteiger partial charge in [0.1, 0.15) is 16.8 Å². The van der Waals surface area contributed by atoms with Crippen molar-refractivity contribution < 1.29 is 4.79 Å². The van der Waals surface area contributed by atoms with E-state index in [1.165, 1.54) is 5.56 Å². The van der Waals surface area contributed by atoms with Crippen molar-refractivity contribution >= 4 is 29.4 Å². The van der Waals surface area contributed by atoms with Gasteiger partial charge in [0, 0.05) is 12.7 Å². The number of carbonyl (C=O) groups is 1. The molecule has 0 aliphatic rings. The first-order valence-electron chi connectivity index (χ1n) is 6.38. The predicted octanol–water partition coefficient (Wildman–Crippen LogP) is 3.58. The topological polar surface area (TPSA) is 46.1 Å². The Morgan fingerprint density at radius 2 is 1.90 bits per heavy atom. The van der Waals surface area contributed by atoms with Gasteiger partial charge in [-0.3, -0.25) is 4.79 Å². The lowest BCUT2D eigenvalue weighted by Crippen LogP contribution is -2.15. The molecule has 104 valence electrons. The van der Waals surface area contributed by atoms with Crippen LogP contribution >= 0.6 is 11.6 Å². The molecule has 0 N–H and O–H groups in total. The summed E-state index contributed by atoms with van der Waals surface area (Å²) in [6.07, 6.45) is 1.68. The van der Waals surface area contributed by atoms with E-state index in [0.29, 0.717) is 23.5 Å². The summed E-state index contributed by atoms with van der Waals surface area (Å²) < 4.78 is 0. The third-order valence-electron chi connectivity index (χ3n) is 3.16. The molecule has 0 radical (unpaired) electrons. The van der Waals surface area contributed by atoms with Crippen LogP contribution in [0.4, 0.5) is 11.5 Å². The zero-order valence-electron chi connectivity index (χ0n) is 11.7. The van der Waals surface area contributed by atoms with E-state index < -0.39 is 0 Å². The summed E-state index contributed by atoms with van der Waals surface area (Å²) in [5.74, 6) is 1.05. The third kappa shape index (κ3) is 2.80. The highest BCUT2D eigenvalue weighted by molar-refractivity contribution is 6.32. The summed E-state index contributed by atoms with van der Waals surface area (Å²) in [5, 5.41) is 0.180. The Labute approximate surface area is 123 Å². The lowest BCUT2D eigenvalue weighted by atomic mass is 10.1. The van der Waals surface area contributed by atoms with E-state index in [2.05, 4.69) is 29.0 Å². The van der Waals surface area contributed by atoms with Crippen LogP contribution in [0.25, 0.3) is 0 Å². The van der Waals surface area contributed by atoms with Crippen LogP contribution in [-0.2, 0) is 6.42 Å². The number of aromatic nitrogens is 2. The minimum absolute atomic E-state index is 0.180. The van der Waals surface area contributed by atoms with Crippen LogP contribution in [0.5, 0.6) is 0 Å². The van der Waals surface area contributed by atoms with Crippen molar-refractivity contribution in [2.45, 2.75) is 20.3 Å². The molecule has 0 saturated carbocycles. The van der Waals surface area contributed by atoms with E-state index in [-0.39, 0.29) is 5.15 Å². The van der Waals surface area contributed by atoms with Gasteiger partial charge in [-0.1, -0.05) is 30.7 Å². The molecule has 0 atom stereocenters. The van der Waals surface area contributed by atoms with Gasteiger partial charge in [-0.15, -0.1) is 0 Å². The van der Waals surface area contributed by atoms with Crippen LogP contribution in [0.1, 0.15) is 28.7 Å². The van der Waals surface area contributed by atoms with Gasteiger partial charge < -0.3 is 4.90 Å². The molecule has 0 amide bonds. The van der Waals surface area contributed by atoms with Gasteiger partial charge in [-0.2, -0.15) is 0 Å². The summed E-state index contributed by atoms with van der Waals surface area (Å²) in [4.78, 5) is 21.4. The van der Waals surface area contributed by atoms with Crippen LogP contribution in [0.2, 0.25) is 5.15 Å². The van der Waals surface area contributed by atoms with E-state index in [9.17, 15) is 4.79 Å². The van der Waals surface area contributed by atoms with Gasteiger partial charge in [0.05, 0.1) is 5.56 Å². The average Bonchev–Trinajstić information content (AvgIpc) is 2.46. The SMILES string of the molecule is CCc1ccc(N(C)c2nc(C)nc(Cl)c2C=O)cc1. The number of halogens is 1. The fourth-order valence-electron chi connectivity index (χ4n) is 1.97. The van der Waals surface area contributed by atoms with Crippen molar-refractivity contribution in [1.29, 1.82) is 0 Å². The molecular weight excluding hydrogens is 274 g/mol. The second kappa shape index (κ2) is 6.01. The van der Waals surface area contributed by atoms with Crippen molar-refractivity contribution in [2.75, 3.05) is 11.9 Å². The largest absolute Gasteiger partial charge is 0.329 e. The second-order valence-electron chi connectivity index (χ2n) is 4.50. The number of hydrogen-bond donors (Lipinski definition) is 0. The van der Waals surface area contributed by atoms with E-state index in [1.807, 2.05) is 24.1 Å². The van der Waals surface area contributed by atoms with Crippen molar-refractivity contribution in [3.8, 4) is 0 Å². The van der Waals surface area contributed by atoms with E-state index in [0.717, 1.165) is 12.1 Å². The predicted molar refractivity (Wildman–Crippen MR) is 81.0 cm³/mol. The lowest BCUT2D eigenvalue weighted by molar-refractivity contribution is 0.112. The van der Waals surface area contributed by atoms with Crippen LogP contribution in [-0.4, -0.2) is 23.3 Å². The van der Waals surface area contributed by atoms with Crippen LogP contribution in [0.15, 0.2) is 24.3 Å². The smallest absolute Gasteiger partial charge is 0.156 e. The molecule has 1 aromatic heterocycles. The minimum atomic E-state index is 0.180. The lowest BCUT2D eigenvalue weighted by Gasteiger charge is -2.20. The summed E-state index contributed by atoms with van der Waals surface area (Å²) >= 11 is 6.00. The summed E-state index contributed by atoms with van der Waals surface area (Å²) in [7, 11) is 1.85. The van der Waals surface area contributed by atoms with Crippen molar-refractivity contribution in [3.63, 3.8) is 0 Å². The summed E-state index contributed by atoms with van der Waals surface area (Å²) in [5.41, 5.74) is 2.51. The van der Waals surface area contributed by atoms with Crippen molar-refractivity contribution in [3.05, 3.63) is 46.4 Å². The van der Waals surface area contributed by atoms with Gasteiger partial charge in [-0.25, -0.2) is 9.97 Å². The fourth-order valence-corrected chi connectivity index (χ4v) is 2.22. The Kier molecular flexibility index (Phi) is 4.35. The Hall–Kier alpha value is -1.94. The molecule has 2 aromatic rings. The zero-order valence-corrected chi connectivity index (χ0v) is 12.5. The molecule has 0 bridgehead atoms. The van der Waals surface area contributed by atoms with Crippen LogP contribution in [0.3, 0.4) is 0 Å². The number of carbonyl (C=O) groups excluding carboxylic acids is 1. The van der Waals surface area contributed by atoms with Gasteiger partial charge in [-0.05, 0) is 31.0 Å². The Bertz CT molecular complexity index is 626. The Balaban J connectivity index is 2.46. The zero-order chi connectivity index (χ0) is 14.7. The molecule has 0 aliphatic carbocycles. The van der Waals surface area contributed by atoms with E-state index in [4.69, 9.17) is 11.6 Å². The van der Waals surface area contributed by atoms with E-state index >= 15 is 0 Å². The molecule has 4 nitrogen and oxygen atoms in total. The Morgan fingerprint density at radius 1 is 1.25 bits per heavy atom. The first-order chi connectivity index (χ1) is 9.56. The fraction of sp³-hybridized carbons (Fsp3) is 0.267. The molecule has 0 saturated heterocycles. The molecule has 0 spiro atoms. The molecule has 5 heteroatoms. The van der Waals surface area contributed by atoms with E-state index in [1.54, 1.807) is 6.92 Å². The molecule has 0 unspecified atom stereocenters. The third-order valence-corrected chi connectivity index (χ3v) is 3.45. The normalized spacial score (nSPS) is 10.4. The van der Waals surface area contributed by atoms with Crippen molar-refractivity contribution in [2.24, 2.45) is 0 Å². The average molecular weight is 290 g/mol. The molecule has 0 aliphatic heterocycles. The summed E-state index contributed by atoms with van der Waals surface area (Å²) in [6, 6.07) is 8.11. The second-order valence-corrected chi connectivity index (χ2v) is 4.85. The molecule has 1 heterocycles. The molecule has 2 rings (SSSR count). The number of hydrogen-bond acceptors (Lipinski definition) is 4. The Morgan fingerprint density at radius 3 is 2.45 bits per heavy atom. The standard InChI is InChI=1S/C15H16ClN3O/c1-4-11-5-7-12(8-6-11)19(3)15-13(9-20)14(16)17-10(2)18-15/h5-9H,4H2,1-3H3.